The molecule has 0 spiro atoms. The van der Waals surface area contributed by atoms with Crippen LogP contribution in [0, 0.1) is 11.7 Å². The average molecular weight is 244 g/mol. The summed E-state index contributed by atoms with van der Waals surface area (Å²) in [5, 5.41) is 0.0923. The van der Waals surface area contributed by atoms with E-state index < -0.39 is 5.82 Å². The van der Waals surface area contributed by atoms with E-state index in [1.807, 2.05) is 11.9 Å². The molecule has 1 fully saturated rings. The van der Waals surface area contributed by atoms with Crippen LogP contribution in [-0.4, -0.2) is 23.6 Å². The topological polar surface area (TPSA) is 29.0 Å². The molecule has 1 aromatic heterocycles. The van der Waals surface area contributed by atoms with Crippen molar-refractivity contribution >= 4 is 17.4 Å². The number of hydrogen-bond acceptors (Lipinski definition) is 3. The number of rotatable bonds is 3. The molecule has 3 nitrogen and oxygen atoms in total. The van der Waals surface area contributed by atoms with Crippen LogP contribution < -0.4 is 4.90 Å². The first-order chi connectivity index (χ1) is 7.66. The van der Waals surface area contributed by atoms with E-state index in [1.165, 1.54) is 25.7 Å². The first kappa shape index (κ1) is 11.6. The summed E-state index contributed by atoms with van der Waals surface area (Å²) in [7, 11) is 1.85. The molecule has 1 aliphatic rings. The molecule has 88 valence electrons. The lowest BCUT2D eigenvalue weighted by molar-refractivity contribution is 0.533. The standard InChI is InChI=1S/C11H15ClFN3/c1-16(7-8-4-2-3-5-8)10-9(13)6-14-11(12)15-10/h6,8H,2-5,7H2,1H3. The van der Waals surface area contributed by atoms with Crippen molar-refractivity contribution in [2.24, 2.45) is 5.92 Å². The van der Waals surface area contributed by atoms with Gasteiger partial charge in [-0.15, -0.1) is 0 Å². The van der Waals surface area contributed by atoms with Gasteiger partial charge in [-0.05, 0) is 30.4 Å². The fraction of sp³-hybridized carbons (Fsp3) is 0.636. The number of hydrogen-bond donors (Lipinski definition) is 0. The van der Waals surface area contributed by atoms with Gasteiger partial charge in [-0.1, -0.05) is 12.8 Å². The van der Waals surface area contributed by atoms with E-state index in [9.17, 15) is 4.39 Å². The van der Waals surface area contributed by atoms with Gasteiger partial charge in [0.2, 0.25) is 5.28 Å². The molecule has 0 unspecified atom stereocenters. The van der Waals surface area contributed by atoms with Crippen LogP contribution in [0.1, 0.15) is 25.7 Å². The van der Waals surface area contributed by atoms with Crippen molar-refractivity contribution in [2.75, 3.05) is 18.5 Å². The maximum absolute atomic E-state index is 13.5. The highest BCUT2D eigenvalue weighted by atomic mass is 35.5. The molecular weight excluding hydrogens is 229 g/mol. The molecule has 1 aliphatic carbocycles. The van der Waals surface area contributed by atoms with Crippen molar-refractivity contribution in [3.05, 3.63) is 17.3 Å². The Balaban J connectivity index is 2.07. The van der Waals surface area contributed by atoms with Crippen LogP contribution in [0.15, 0.2) is 6.20 Å². The molecule has 1 saturated carbocycles. The maximum Gasteiger partial charge on any atom is 0.224 e. The minimum absolute atomic E-state index is 0.0923. The number of nitrogens with zero attached hydrogens (tertiary/aromatic N) is 3. The Bertz CT molecular complexity index is 366. The Kier molecular flexibility index (Phi) is 3.59. The minimum Gasteiger partial charge on any atom is -0.357 e. The van der Waals surface area contributed by atoms with E-state index >= 15 is 0 Å². The number of anilines is 1. The summed E-state index contributed by atoms with van der Waals surface area (Å²) >= 11 is 5.66. The zero-order chi connectivity index (χ0) is 11.5. The van der Waals surface area contributed by atoms with Crippen LogP contribution in [0.5, 0.6) is 0 Å². The summed E-state index contributed by atoms with van der Waals surface area (Å²) in [5.41, 5.74) is 0. The quantitative estimate of drug-likeness (QED) is 0.765. The van der Waals surface area contributed by atoms with Gasteiger partial charge in [-0.2, -0.15) is 4.98 Å². The summed E-state index contributed by atoms with van der Waals surface area (Å²) in [6, 6.07) is 0. The Morgan fingerprint density at radius 3 is 2.88 bits per heavy atom. The molecule has 1 aromatic rings. The smallest absolute Gasteiger partial charge is 0.224 e. The second kappa shape index (κ2) is 4.95. The highest BCUT2D eigenvalue weighted by Gasteiger charge is 2.19. The Morgan fingerprint density at radius 1 is 1.50 bits per heavy atom. The molecular formula is C11H15ClFN3. The van der Waals surface area contributed by atoms with Crippen LogP contribution in [0.25, 0.3) is 0 Å². The van der Waals surface area contributed by atoms with Crippen LogP contribution in [0.2, 0.25) is 5.28 Å². The van der Waals surface area contributed by atoms with Crippen molar-refractivity contribution < 1.29 is 4.39 Å². The second-order valence-corrected chi connectivity index (χ2v) is 4.68. The molecule has 2 rings (SSSR count). The fourth-order valence-corrected chi connectivity index (χ4v) is 2.40. The normalized spacial score (nSPS) is 16.7. The van der Waals surface area contributed by atoms with Crippen LogP contribution >= 0.6 is 11.6 Å². The minimum atomic E-state index is -0.412. The average Bonchev–Trinajstić information content (AvgIpc) is 2.74. The van der Waals surface area contributed by atoms with Gasteiger partial charge in [0.1, 0.15) is 0 Å². The van der Waals surface area contributed by atoms with Crippen molar-refractivity contribution in [2.45, 2.75) is 25.7 Å². The van der Waals surface area contributed by atoms with E-state index in [2.05, 4.69) is 9.97 Å². The Hall–Kier alpha value is -0.900. The molecule has 0 aromatic carbocycles. The van der Waals surface area contributed by atoms with Gasteiger partial charge in [0.15, 0.2) is 11.6 Å². The van der Waals surface area contributed by atoms with Gasteiger partial charge in [0.05, 0.1) is 6.20 Å². The highest BCUT2D eigenvalue weighted by molar-refractivity contribution is 6.28. The fourth-order valence-electron chi connectivity index (χ4n) is 2.27. The molecule has 16 heavy (non-hydrogen) atoms. The molecule has 0 amide bonds. The van der Waals surface area contributed by atoms with Crippen molar-refractivity contribution in [1.29, 1.82) is 0 Å². The van der Waals surface area contributed by atoms with E-state index in [-0.39, 0.29) is 5.28 Å². The Morgan fingerprint density at radius 2 is 2.19 bits per heavy atom. The third-order valence-electron chi connectivity index (χ3n) is 3.06. The predicted octanol–water partition coefficient (Wildman–Crippen LogP) is 2.90. The SMILES string of the molecule is CN(CC1CCCC1)c1nc(Cl)ncc1F. The number of aromatic nitrogens is 2. The second-order valence-electron chi connectivity index (χ2n) is 4.34. The van der Waals surface area contributed by atoms with Crippen molar-refractivity contribution in [1.82, 2.24) is 9.97 Å². The maximum atomic E-state index is 13.5. The molecule has 0 N–H and O–H groups in total. The molecule has 0 atom stereocenters. The van der Waals surface area contributed by atoms with Gasteiger partial charge in [-0.25, -0.2) is 9.37 Å². The van der Waals surface area contributed by atoms with Crippen molar-refractivity contribution in [3.63, 3.8) is 0 Å². The number of halogens is 2. The zero-order valence-electron chi connectivity index (χ0n) is 9.29. The summed E-state index contributed by atoms with van der Waals surface area (Å²) in [4.78, 5) is 9.36. The van der Waals surface area contributed by atoms with E-state index in [0.717, 1.165) is 12.7 Å². The molecule has 0 radical (unpaired) electrons. The largest absolute Gasteiger partial charge is 0.357 e. The predicted molar refractivity (Wildman–Crippen MR) is 62.2 cm³/mol. The summed E-state index contributed by atoms with van der Waals surface area (Å²) in [6.45, 7) is 0.838. The lowest BCUT2D eigenvalue weighted by Crippen LogP contribution is -2.26. The van der Waals surface area contributed by atoms with Crippen molar-refractivity contribution in [3.8, 4) is 0 Å². The Labute approximate surface area is 99.6 Å². The third-order valence-corrected chi connectivity index (χ3v) is 3.25. The third kappa shape index (κ3) is 2.61. The van der Waals surface area contributed by atoms with Crippen LogP contribution in [0.3, 0.4) is 0 Å². The van der Waals surface area contributed by atoms with Crippen LogP contribution in [0.4, 0.5) is 10.2 Å². The summed E-state index contributed by atoms with van der Waals surface area (Å²) in [6.07, 6.45) is 6.14. The van der Waals surface area contributed by atoms with Crippen LogP contribution in [-0.2, 0) is 0 Å². The lowest BCUT2D eigenvalue weighted by Gasteiger charge is -2.22. The van der Waals surface area contributed by atoms with Gasteiger partial charge >= 0.3 is 0 Å². The monoisotopic (exact) mass is 243 g/mol. The van der Waals surface area contributed by atoms with Gasteiger partial charge in [0.25, 0.3) is 0 Å². The molecule has 0 aliphatic heterocycles. The molecule has 5 heteroatoms. The van der Waals surface area contributed by atoms with Gasteiger partial charge < -0.3 is 4.90 Å². The highest BCUT2D eigenvalue weighted by Crippen LogP contribution is 2.27. The van der Waals surface area contributed by atoms with Gasteiger partial charge in [0, 0.05) is 13.6 Å². The first-order valence-electron chi connectivity index (χ1n) is 5.56. The van der Waals surface area contributed by atoms with E-state index in [0.29, 0.717) is 11.7 Å². The van der Waals surface area contributed by atoms with E-state index in [1.54, 1.807) is 0 Å². The van der Waals surface area contributed by atoms with E-state index in [4.69, 9.17) is 11.6 Å². The molecule has 1 heterocycles. The lowest BCUT2D eigenvalue weighted by atomic mass is 10.1. The molecule has 0 saturated heterocycles. The zero-order valence-corrected chi connectivity index (χ0v) is 10.0. The first-order valence-corrected chi connectivity index (χ1v) is 5.94. The molecule has 0 bridgehead atoms. The summed E-state index contributed by atoms with van der Waals surface area (Å²) in [5.74, 6) is 0.537. The van der Waals surface area contributed by atoms with Gasteiger partial charge in [-0.3, -0.25) is 0 Å². The summed E-state index contributed by atoms with van der Waals surface area (Å²) < 4.78 is 13.5.